The van der Waals surface area contributed by atoms with Crippen LogP contribution < -0.4 is 5.32 Å². The minimum atomic E-state index is -0.536. The van der Waals surface area contributed by atoms with Crippen LogP contribution in [0.2, 0.25) is 0 Å². The number of benzene rings is 1. The first-order valence-electron chi connectivity index (χ1n) is 5.86. The van der Waals surface area contributed by atoms with Crippen molar-refractivity contribution in [2.45, 2.75) is 0 Å². The van der Waals surface area contributed by atoms with Crippen molar-refractivity contribution in [2.24, 2.45) is 0 Å². The van der Waals surface area contributed by atoms with Gasteiger partial charge in [-0.25, -0.2) is 0 Å². The summed E-state index contributed by atoms with van der Waals surface area (Å²) in [5.74, 6) is -0.980. The van der Waals surface area contributed by atoms with Gasteiger partial charge in [0.25, 0.3) is 11.7 Å². The minimum Gasteiger partial charge on any atom is -0.318 e. The molecule has 4 rings (SSSR count). The molecule has 0 bridgehead atoms. The van der Waals surface area contributed by atoms with Gasteiger partial charge in [-0.2, -0.15) is 0 Å². The fourth-order valence-electron chi connectivity index (χ4n) is 1.43. The van der Waals surface area contributed by atoms with E-state index >= 15 is 0 Å². The van der Waals surface area contributed by atoms with Crippen LogP contribution in [0.4, 0.5) is 5.69 Å². The number of para-hydroxylation sites is 1. The third-order valence-electron chi connectivity index (χ3n) is 2.30. The van der Waals surface area contributed by atoms with E-state index in [9.17, 15) is 9.59 Å². The van der Waals surface area contributed by atoms with Crippen LogP contribution in [0.3, 0.4) is 0 Å². The average molecular weight is 301 g/mol. The Balaban J connectivity index is 0.000000134. The van der Waals surface area contributed by atoms with E-state index in [2.05, 4.69) is 25.7 Å². The normalized spacial score (nSPS) is 11.4. The van der Waals surface area contributed by atoms with Crippen molar-refractivity contribution < 1.29 is 9.59 Å². The van der Waals surface area contributed by atoms with E-state index in [1.54, 1.807) is 59.7 Å². The summed E-state index contributed by atoms with van der Waals surface area (Å²) >= 11 is 1.60. The summed E-state index contributed by atoms with van der Waals surface area (Å²) < 4.78 is 0. The van der Waals surface area contributed by atoms with Crippen LogP contribution >= 0.6 is 11.3 Å². The molecule has 0 aliphatic carbocycles. The maximum absolute atomic E-state index is 11.0. The molecule has 21 heavy (non-hydrogen) atoms. The lowest BCUT2D eigenvalue weighted by Crippen LogP contribution is -2.12. The molecule has 0 atom stereocenters. The number of hydrogen-bond donors (Lipinski definition) is 2. The number of anilines is 1. The van der Waals surface area contributed by atoms with Gasteiger partial charge >= 0.3 is 0 Å². The molecule has 0 fully saturated rings. The monoisotopic (exact) mass is 301 g/mol. The van der Waals surface area contributed by atoms with Crippen LogP contribution in [-0.4, -0.2) is 32.1 Å². The Labute approximate surface area is 124 Å². The number of aromatic amines is 1. The van der Waals surface area contributed by atoms with Crippen molar-refractivity contribution in [1.82, 2.24) is 20.4 Å². The van der Waals surface area contributed by atoms with Gasteiger partial charge in [-0.15, -0.1) is 16.4 Å². The number of carbonyl (C=O) groups excluding carboxylic acids is 2. The molecule has 0 saturated carbocycles. The topological polar surface area (TPSA) is 101 Å². The van der Waals surface area contributed by atoms with E-state index in [4.69, 9.17) is 0 Å². The zero-order valence-corrected chi connectivity index (χ0v) is 11.6. The number of nitrogens with one attached hydrogen (secondary N) is 2. The lowest BCUT2D eigenvalue weighted by Gasteiger charge is -1.91. The Morgan fingerprint density at radius 1 is 1.10 bits per heavy atom. The quantitative estimate of drug-likeness (QED) is 0.616. The van der Waals surface area contributed by atoms with Crippen molar-refractivity contribution in [3.05, 3.63) is 59.3 Å². The number of fused-ring (bicyclic) bond motifs is 1. The molecule has 1 aromatic carbocycles. The highest BCUT2D eigenvalue weighted by molar-refractivity contribution is 7.07. The molecule has 0 saturated heterocycles. The Morgan fingerprint density at radius 3 is 2.43 bits per heavy atom. The number of aromatic nitrogens is 4. The summed E-state index contributed by atoms with van der Waals surface area (Å²) in [5, 5.41) is 13.7. The number of nitrogens with zero attached hydrogens (tertiary/aromatic N) is 3. The van der Waals surface area contributed by atoms with Crippen molar-refractivity contribution in [1.29, 1.82) is 0 Å². The van der Waals surface area contributed by atoms with Crippen LogP contribution in [0.1, 0.15) is 10.4 Å². The first kappa shape index (κ1) is 14.5. The Hall–Kier alpha value is -2.87. The third-order valence-corrected chi connectivity index (χ3v) is 2.83. The maximum Gasteiger partial charge on any atom is 0.296 e. The highest BCUT2D eigenvalue weighted by Crippen LogP contribution is 2.21. The van der Waals surface area contributed by atoms with Crippen LogP contribution in [0.15, 0.2) is 53.7 Å². The second kappa shape index (κ2) is 7.65. The summed E-state index contributed by atoms with van der Waals surface area (Å²) in [6, 6.07) is 6.85. The van der Waals surface area contributed by atoms with Gasteiger partial charge in [-0.3, -0.25) is 19.7 Å². The van der Waals surface area contributed by atoms with E-state index in [0.29, 0.717) is 11.3 Å². The predicted octanol–water partition coefficient (Wildman–Crippen LogP) is 1.77. The third kappa shape index (κ3) is 4.32. The van der Waals surface area contributed by atoms with E-state index in [0.717, 1.165) is 0 Å². The van der Waals surface area contributed by atoms with E-state index in [1.165, 1.54) is 0 Å². The molecule has 7 nitrogen and oxygen atoms in total. The summed E-state index contributed by atoms with van der Waals surface area (Å²) in [6.45, 7) is 0. The SMILES string of the molecule is O=C1Nc2ccccc2C1=O.c1c[nH]nn1.c1cscn1. The molecule has 1 amide bonds. The fraction of sp³-hybridized carbons (Fsp3) is 0. The molecule has 8 heteroatoms. The number of Topliss-reactive ketones (excluding diaryl/α,β-unsaturated/α-hetero) is 1. The van der Waals surface area contributed by atoms with Gasteiger partial charge in [0.05, 0.1) is 23.0 Å². The number of H-pyrrole nitrogens is 1. The largest absolute Gasteiger partial charge is 0.318 e. The Morgan fingerprint density at radius 2 is 1.95 bits per heavy atom. The summed E-state index contributed by atoms with van der Waals surface area (Å²) in [6.07, 6.45) is 5.00. The first-order valence-corrected chi connectivity index (χ1v) is 6.80. The molecule has 3 aromatic rings. The molecule has 0 spiro atoms. The fourth-order valence-corrected chi connectivity index (χ4v) is 1.79. The molecule has 106 valence electrons. The molecule has 2 aromatic heterocycles. The van der Waals surface area contributed by atoms with Gasteiger partial charge < -0.3 is 5.32 Å². The number of amides is 1. The molecule has 3 heterocycles. The van der Waals surface area contributed by atoms with Gasteiger partial charge in [0.2, 0.25) is 0 Å². The lowest BCUT2D eigenvalue weighted by atomic mass is 10.1. The van der Waals surface area contributed by atoms with Crippen LogP contribution in [0.25, 0.3) is 0 Å². The van der Waals surface area contributed by atoms with Gasteiger partial charge in [-0.05, 0) is 12.1 Å². The zero-order valence-electron chi connectivity index (χ0n) is 10.8. The second-order valence-electron chi connectivity index (χ2n) is 3.66. The summed E-state index contributed by atoms with van der Waals surface area (Å²) in [5.41, 5.74) is 2.88. The molecule has 0 unspecified atom stereocenters. The van der Waals surface area contributed by atoms with Gasteiger partial charge in [0.1, 0.15) is 0 Å². The van der Waals surface area contributed by atoms with Crippen molar-refractivity contribution in [3.8, 4) is 0 Å². The van der Waals surface area contributed by atoms with E-state index in [-0.39, 0.29) is 0 Å². The summed E-state index contributed by atoms with van der Waals surface area (Å²) in [4.78, 5) is 25.5. The molecular formula is C13H11N5O2S. The average Bonchev–Trinajstić information content (AvgIpc) is 3.25. The molecular weight excluding hydrogens is 290 g/mol. The lowest BCUT2D eigenvalue weighted by molar-refractivity contribution is -0.112. The zero-order chi connectivity index (χ0) is 14.9. The minimum absolute atomic E-state index is 0.444. The van der Waals surface area contributed by atoms with Crippen molar-refractivity contribution in [3.63, 3.8) is 0 Å². The molecule has 2 N–H and O–H groups in total. The molecule has 1 aliphatic heterocycles. The van der Waals surface area contributed by atoms with Crippen LogP contribution in [0, 0.1) is 0 Å². The second-order valence-corrected chi connectivity index (χ2v) is 4.42. The number of carbonyl (C=O) groups is 2. The highest BCUT2D eigenvalue weighted by atomic mass is 32.1. The first-order chi connectivity index (χ1) is 10.3. The van der Waals surface area contributed by atoms with Crippen LogP contribution in [0.5, 0.6) is 0 Å². The van der Waals surface area contributed by atoms with E-state index in [1.807, 2.05) is 5.38 Å². The summed E-state index contributed by atoms with van der Waals surface area (Å²) in [7, 11) is 0. The predicted molar refractivity (Wildman–Crippen MR) is 77.9 cm³/mol. The number of rotatable bonds is 0. The van der Waals surface area contributed by atoms with Crippen molar-refractivity contribution in [2.75, 3.05) is 5.32 Å². The maximum atomic E-state index is 11.0. The number of hydrogen-bond acceptors (Lipinski definition) is 6. The van der Waals surface area contributed by atoms with Crippen LogP contribution in [-0.2, 0) is 4.79 Å². The smallest absolute Gasteiger partial charge is 0.296 e. The molecule has 0 radical (unpaired) electrons. The van der Waals surface area contributed by atoms with Gasteiger partial charge in [0, 0.05) is 17.8 Å². The Kier molecular flexibility index (Phi) is 5.30. The Bertz CT molecular complexity index is 622. The number of ketones is 1. The highest BCUT2D eigenvalue weighted by Gasteiger charge is 2.26. The van der Waals surface area contributed by atoms with Gasteiger partial charge in [-0.1, -0.05) is 17.3 Å². The number of thiazole rings is 1. The van der Waals surface area contributed by atoms with E-state index < -0.39 is 11.7 Å². The van der Waals surface area contributed by atoms with Crippen molar-refractivity contribution >= 4 is 28.7 Å². The van der Waals surface area contributed by atoms with Gasteiger partial charge in [0.15, 0.2) is 0 Å². The standard InChI is InChI=1S/C8H5NO2.C3H3NS.C2H3N3/c10-7-5-3-1-2-4-6(5)9-8(7)11;1-2-5-3-4-1;1-2-4-5-3-1/h1-4H,(H,9,10,11);1-3H;1-2H,(H,3,4,5). The molecule has 1 aliphatic rings.